The van der Waals surface area contributed by atoms with Gasteiger partial charge in [-0.3, -0.25) is 9.48 Å². The van der Waals surface area contributed by atoms with E-state index in [1.54, 1.807) is 10.9 Å². The van der Waals surface area contributed by atoms with E-state index >= 15 is 0 Å². The lowest BCUT2D eigenvalue weighted by molar-refractivity contribution is -0.113. The Morgan fingerprint density at radius 3 is 2.70 bits per heavy atom. The van der Waals surface area contributed by atoms with Crippen LogP contribution >= 0.6 is 23.1 Å². The Morgan fingerprint density at radius 1 is 1.20 bits per heavy atom. The number of hydrogen-bond donors (Lipinski definition) is 1. The van der Waals surface area contributed by atoms with E-state index < -0.39 is 0 Å². The highest BCUT2D eigenvalue weighted by Crippen LogP contribution is 2.29. The molecule has 1 aromatic carbocycles. The number of fused-ring (bicyclic) bond motifs is 1. The van der Waals surface area contributed by atoms with Crippen molar-refractivity contribution < 1.29 is 4.79 Å². The number of nitrogens with zero attached hydrogens (tertiary/aromatic N) is 5. The maximum Gasteiger partial charge on any atom is 0.236 e. The minimum absolute atomic E-state index is 0.114. The van der Waals surface area contributed by atoms with Crippen LogP contribution in [-0.2, 0) is 17.3 Å². The molecule has 1 amide bonds. The lowest BCUT2D eigenvalue weighted by Gasteiger charge is -2.18. The topological polar surface area (TPSA) is 85.6 Å². The largest absolute Gasteiger partial charge is 0.301 e. The molecule has 3 aromatic heterocycles. The molecule has 0 radical (unpaired) electrons. The zero-order valence-corrected chi connectivity index (χ0v) is 18.8. The molecule has 0 saturated heterocycles. The summed E-state index contributed by atoms with van der Waals surface area (Å²) in [5, 5.41) is 11.2. The van der Waals surface area contributed by atoms with Crippen molar-refractivity contribution in [1.82, 2.24) is 24.7 Å². The third-order valence-corrected chi connectivity index (χ3v) is 6.39. The Bertz CT molecular complexity index is 1190. The number of thioether (sulfide) groups is 1. The Morgan fingerprint density at radius 2 is 1.97 bits per heavy atom. The van der Waals surface area contributed by atoms with Crippen LogP contribution in [0.1, 0.15) is 26.3 Å². The van der Waals surface area contributed by atoms with Gasteiger partial charge in [0.1, 0.15) is 11.4 Å². The van der Waals surface area contributed by atoms with Crippen LogP contribution in [0.4, 0.5) is 5.13 Å². The Balaban J connectivity index is 1.39. The number of anilines is 1. The maximum absolute atomic E-state index is 12.4. The number of carbonyl (C=O) groups excluding carboxylic acids is 1. The maximum atomic E-state index is 12.4. The van der Waals surface area contributed by atoms with Gasteiger partial charge in [0, 0.05) is 18.0 Å². The third kappa shape index (κ3) is 4.36. The molecular formula is C21H22N6OS2. The summed E-state index contributed by atoms with van der Waals surface area (Å²) in [6, 6.07) is 8.41. The first kappa shape index (κ1) is 20.5. The number of benzene rings is 1. The van der Waals surface area contributed by atoms with Gasteiger partial charge in [-0.15, -0.1) is 11.3 Å². The summed E-state index contributed by atoms with van der Waals surface area (Å²) in [7, 11) is 1.83. The lowest BCUT2D eigenvalue weighted by Crippen LogP contribution is -2.14. The second-order valence-electron chi connectivity index (χ2n) is 7.89. The molecule has 154 valence electrons. The van der Waals surface area contributed by atoms with Gasteiger partial charge in [0.25, 0.3) is 0 Å². The van der Waals surface area contributed by atoms with Crippen LogP contribution in [0.2, 0.25) is 0 Å². The fraction of sp³-hybridized carbons (Fsp3) is 0.286. The summed E-state index contributed by atoms with van der Waals surface area (Å²) in [6.45, 7) is 6.58. The molecule has 3 heterocycles. The highest BCUT2D eigenvalue weighted by molar-refractivity contribution is 8.00. The van der Waals surface area contributed by atoms with Gasteiger partial charge < -0.3 is 5.32 Å². The number of amides is 1. The molecule has 4 rings (SSSR count). The molecule has 0 aliphatic rings. The van der Waals surface area contributed by atoms with E-state index in [-0.39, 0.29) is 17.1 Å². The number of carbonyl (C=O) groups is 1. The van der Waals surface area contributed by atoms with Crippen LogP contribution in [0.3, 0.4) is 0 Å². The van der Waals surface area contributed by atoms with E-state index in [0.29, 0.717) is 5.13 Å². The highest BCUT2D eigenvalue weighted by Gasteiger charge is 2.15. The molecule has 0 unspecified atom stereocenters. The lowest BCUT2D eigenvalue weighted by atomic mass is 9.86. The molecule has 0 atom stereocenters. The number of nitrogens with one attached hydrogen (secondary N) is 1. The predicted octanol–water partition coefficient (Wildman–Crippen LogP) is 4.52. The summed E-state index contributed by atoms with van der Waals surface area (Å²) in [5.74, 6) is 0.107. The summed E-state index contributed by atoms with van der Waals surface area (Å²) >= 11 is 2.78. The number of rotatable bonds is 5. The Kier molecular flexibility index (Phi) is 5.57. The third-order valence-electron chi connectivity index (χ3n) is 4.63. The van der Waals surface area contributed by atoms with E-state index in [1.165, 1.54) is 35.0 Å². The van der Waals surface area contributed by atoms with Crippen molar-refractivity contribution in [3.05, 3.63) is 47.7 Å². The molecule has 30 heavy (non-hydrogen) atoms. The highest BCUT2D eigenvalue weighted by atomic mass is 32.2. The van der Waals surface area contributed by atoms with Gasteiger partial charge in [-0.1, -0.05) is 56.8 Å². The molecule has 7 nitrogen and oxygen atoms in total. The molecule has 0 bridgehead atoms. The molecule has 0 fully saturated rings. The summed E-state index contributed by atoms with van der Waals surface area (Å²) in [6.07, 6.45) is 3.20. The zero-order chi connectivity index (χ0) is 21.3. The molecule has 9 heteroatoms. The van der Waals surface area contributed by atoms with Crippen molar-refractivity contribution in [2.24, 2.45) is 7.05 Å². The minimum atomic E-state index is -0.125. The number of hydrogen-bond acceptors (Lipinski definition) is 7. The molecule has 1 N–H and O–H groups in total. The average molecular weight is 439 g/mol. The normalized spacial score (nSPS) is 11.7. The van der Waals surface area contributed by atoms with E-state index in [9.17, 15) is 4.79 Å². The predicted molar refractivity (Wildman–Crippen MR) is 122 cm³/mol. The van der Waals surface area contributed by atoms with Crippen LogP contribution in [0.25, 0.3) is 22.3 Å². The summed E-state index contributed by atoms with van der Waals surface area (Å²) in [4.78, 5) is 25.4. The standard InChI is InChI=1S/C21H22N6OS2/c1-21(2,3)14-7-5-13(6-8-14)16-10-30-20(25-16)26-17(28)11-29-19-15-9-24-27(4)18(15)22-12-23-19/h5-10,12H,11H2,1-4H3,(H,25,26,28). The number of aryl methyl sites for hydroxylation is 1. The van der Waals surface area contributed by atoms with E-state index in [2.05, 4.69) is 70.4 Å². The molecule has 0 aliphatic heterocycles. The first-order valence-corrected chi connectivity index (χ1v) is 11.3. The van der Waals surface area contributed by atoms with Gasteiger partial charge in [0.05, 0.1) is 23.0 Å². The van der Waals surface area contributed by atoms with Crippen molar-refractivity contribution >= 4 is 45.2 Å². The smallest absolute Gasteiger partial charge is 0.236 e. The van der Waals surface area contributed by atoms with Gasteiger partial charge in [-0.25, -0.2) is 15.0 Å². The first-order chi connectivity index (χ1) is 14.3. The second-order valence-corrected chi connectivity index (χ2v) is 9.71. The fourth-order valence-electron chi connectivity index (χ4n) is 2.95. The van der Waals surface area contributed by atoms with E-state index in [4.69, 9.17) is 0 Å². The molecule has 0 aliphatic carbocycles. The SMILES string of the molecule is Cn1ncc2c(SCC(=O)Nc3nc(-c4ccc(C(C)(C)C)cc4)cs3)ncnc21. The van der Waals surface area contributed by atoms with E-state index in [1.807, 2.05) is 12.4 Å². The summed E-state index contributed by atoms with van der Waals surface area (Å²) in [5.41, 5.74) is 4.03. The minimum Gasteiger partial charge on any atom is -0.301 e. The van der Waals surface area contributed by atoms with Crippen LogP contribution in [0.15, 0.2) is 47.2 Å². The van der Waals surface area contributed by atoms with E-state index in [0.717, 1.165) is 27.3 Å². The Labute approximate surface area is 183 Å². The monoisotopic (exact) mass is 438 g/mol. The van der Waals surface area contributed by atoms with Crippen LogP contribution < -0.4 is 5.32 Å². The van der Waals surface area contributed by atoms with Gasteiger partial charge in [-0.2, -0.15) is 5.10 Å². The quantitative estimate of drug-likeness (QED) is 0.364. The fourth-order valence-corrected chi connectivity index (χ4v) is 4.45. The van der Waals surface area contributed by atoms with Crippen LogP contribution in [0, 0.1) is 0 Å². The second kappa shape index (κ2) is 8.16. The van der Waals surface area contributed by atoms with Gasteiger partial charge in [0.2, 0.25) is 5.91 Å². The summed E-state index contributed by atoms with van der Waals surface area (Å²) < 4.78 is 1.69. The van der Waals surface area contributed by atoms with Crippen molar-refractivity contribution in [2.45, 2.75) is 31.2 Å². The molecule has 0 saturated carbocycles. The zero-order valence-electron chi connectivity index (χ0n) is 17.2. The van der Waals surface area contributed by atoms with Crippen LogP contribution in [-0.4, -0.2) is 36.4 Å². The Hall–Kier alpha value is -2.78. The number of aromatic nitrogens is 5. The first-order valence-electron chi connectivity index (χ1n) is 9.43. The van der Waals surface area contributed by atoms with Crippen molar-refractivity contribution in [3.63, 3.8) is 0 Å². The molecule has 4 aromatic rings. The van der Waals surface area contributed by atoms with Gasteiger partial charge in [0.15, 0.2) is 10.8 Å². The van der Waals surface area contributed by atoms with Crippen molar-refractivity contribution in [1.29, 1.82) is 0 Å². The molecule has 0 spiro atoms. The van der Waals surface area contributed by atoms with Crippen molar-refractivity contribution in [2.75, 3.05) is 11.1 Å². The van der Waals surface area contributed by atoms with Crippen molar-refractivity contribution in [3.8, 4) is 11.3 Å². The van der Waals surface area contributed by atoms with Crippen LogP contribution in [0.5, 0.6) is 0 Å². The average Bonchev–Trinajstić information content (AvgIpc) is 3.33. The van der Waals surface area contributed by atoms with Gasteiger partial charge >= 0.3 is 0 Å². The number of thiazole rings is 1. The molecular weight excluding hydrogens is 416 g/mol. The van der Waals surface area contributed by atoms with Gasteiger partial charge in [-0.05, 0) is 11.0 Å².